The molecule has 1 rings (SSSR count). The van der Waals surface area contributed by atoms with Crippen molar-refractivity contribution in [1.82, 2.24) is 0 Å². The number of hydrogen-bond donors (Lipinski definition) is 4. The van der Waals surface area contributed by atoms with Gasteiger partial charge in [-0.3, -0.25) is 10.6 Å². The Hall–Kier alpha value is -1.59. The lowest BCUT2D eigenvalue weighted by Crippen LogP contribution is -2.17. The average molecular weight is 181 g/mol. The minimum atomic E-state index is -0.558. The molecule has 13 heavy (non-hydrogen) atoms. The molecule has 0 bridgehead atoms. The van der Waals surface area contributed by atoms with Gasteiger partial charge >= 0.3 is 0 Å². The van der Waals surface area contributed by atoms with Crippen molar-refractivity contribution >= 4 is 11.6 Å². The summed E-state index contributed by atoms with van der Waals surface area (Å²) >= 11 is 0. The molecule has 0 unspecified atom stereocenters. The van der Waals surface area contributed by atoms with E-state index < -0.39 is 5.91 Å². The Labute approximate surface area is 75.3 Å². The molecule has 0 aliphatic carbocycles. The third-order valence-electron chi connectivity index (χ3n) is 1.69. The van der Waals surface area contributed by atoms with Crippen LogP contribution in [0.4, 0.5) is 5.69 Å². The van der Waals surface area contributed by atoms with Gasteiger partial charge in [0.05, 0.1) is 17.9 Å². The fourth-order valence-electron chi connectivity index (χ4n) is 1.02. The fourth-order valence-corrected chi connectivity index (χ4v) is 1.02. The van der Waals surface area contributed by atoms with E-state index in [0.717, 1.165) is 0 Å². The molecule has 0 saturated carbocycles. The SMILES string of the molecule is NNc1cc(CO)ccc1C(N)=O. The first-order valence-corrected chi connectivity index (χ1v) is 3.69. The number of rotatable bonds is 3. The molecule has 1 amide bonds. The van der Waals surface area contributed by atoms with Gasteiger partial charge in [-0.2, -0.15) is 0 Å². The van der Waals surface area contributed by atoms with Gasteiger partial charge in [0.25, 0.3) is 5.91 Å². The maximum atomic E-state index is 10.8. The van der Waals surface area contributed by atoms with E-state index in [1.807, 2.05) is 0 Å². The second-order valence-electron chi connectivity index (χ2n) is 2.55. The monoisotopic (exact) mass is 181 g/mol. The number of hydrazine groups is 1. The minimum Gasteiger partial charge on any atom is -0.392 e. The molecule has 70 valence electrons. The summed E-state index contributed by atoms with van der Waals surface area (Å²) < 4.78 is 0. The Morgan fingerprint density at radius 2 is 2.23 bits per heavy atom. The van der Waals surface area contributed by atoms with Crippen LogP contribution in [-0.4, -0.2) is 11.0 Å². The fraction of sp³-hybridized carbons (Fsp3) is 0.125. The van der Waals surface area contributed by atoms with Crippen molar-refractivity contribution in [2.75, 3.05) is 5.43 Å². The number of hydrogen-bond acceptors (Lipinski definition) is 4. The van der Waals surface area contributed by atoms with Crippen LogP contribution in [-0.2, 0) is 6.61 Å². The second-order valence-corrected chi connectivity index (χ2v) is 2.55. The summed E-state index contributed by atoms with van der Waals surface area (Å²) in [7, 11) is 0. The Morgan fingerprint density at radius 3 is 2.69 bits per heavy atom. The zero-order chi connectivity index (χ0) is 9.84. The molecule has 1 aromatic rings. The van der Waals surface area contributed by atoms with E-state index in [2.05, 4.69) is 5.43 Å². The molecule has 1 aromatic carbocycles. The van der Waals surface area contributed by atoms with E-state index in [1.54, 1.807) is 12.1 Å². The summed E-state index contributed by atoms with van der Waals surface area (Å²) in [6.45, 7) is -0.103. The Morgan fingerprint density at radius 1 is 1.54 bits per heavy atom. The second kappa shape index (κ2) is 3.88. The number of benzene rings is 1. The highest BCUT2D eigenvalue weighted by molar-refractivity contribution is 5.98. The molecule has 0 saturated heterocycles. The highest BCUT2D eigenvalue weighted by Crippen LogP contribution is 2.16. The predicted octanol–water partition coefficient (Wildman–Crippen LogP) is -0.437. The summed E-state index contributed by atoms with van der Waals surface area (Å²) in [4.78, 5) is 10.8. The molecule has 0 heterocycles. The molecule has 0 aromatic heterocycles. The lowest BCUT2D eigenvalue weighted by molar-refractivity contribution is 0.100. The largest absolute Gasteiger partial charge is 0.392 e. The van der Waals surface area contributed by atoms with Crippen molar-refractivity contribution < 1.29 is 9.90 Å². The molecular weight excluding hydrogens is 170 g/mol. The van der Waals surface area contributed by atoms with Gasteiger partial charge in [-0.1, -0.05) is 6.07 Å². The molecule has 0 spiro atoms. The number of amides is 1. The van der Waals surface area contributed by atoms with Crippen LogP contribution >= 0.6 is 0 Å². The van der Waals surface area contributed by atoms with E-state index >= 15 is 0 Å². The standard InChI is InChI=1S/C8H11N3O2/c9-8(13)6-2-1-5(4-12)3-7(6)11-10/h1-3,11-12H,4,10H2,(H2,9,13). The van der Waals surface area contributed by atoms with Gasteiger partial charge in [0, 0.05) is 0 Å². The minimum absolute atomic E-state index is 0.103. The molecule has 0 radical (unpaired) electrons. The maximum Gasteiger partial charge on any atom is 0.250 e. The van der Waals surface area contributed by atoms with Gasteiger partial charge in [-0.25, -0.2) is 0 Å². The summed E-state index contributed by atoms with van der Waals surface area (Å²) in [5.41, 5.74) is 8.81. The molecule has 5 heteroatoms. The van der Waals surface area contributed by atoms with Crippen LogP contribution < -0.4 is 17.0 Å². The summed E-state index contributed by atoms with van der Waals surface area (Å²) in [5, 5.41) is 8.80. The number of aliphatic hydroxyl groups excluding tert-OH is 1. The number of nitrogens with two attached hydrogens (primary N) is 2. The highest BCUT2D eigenvalue weighted by Gasteiger charge is 2.07. The number of nitrogens with one attached hydrogen (secondary N) is 1. The number of carbonyl (C=O) groups excluding carboxylic acids is 1. The van der Waals surface area contributed by atoms with Crippen molar-refractivity contribution in [1.29, 1.82) is 0 Å². The lowest BCUT2D eigenvalue weighted by atomic mass is 10.1. The topological polar surface area (TPSA) is 101 Å². The lowest BCUT2D eigenvalue weighted by Gasteiger charge is -2.06. The molecule has 0 atom stereocenters. The van der Waals surface area contributed by atoms with Crippen LogP contribution in [0, 0.1) is 0 Å². The van der Waals surface area contributed by atoms with E-state index in [1.165, 1.54) is 6.07 Å². The molecule has 0 fully saturated rings. The van der Waals surface area contributed by atoms with Crippen LogP contribution in [0.3, 0.4) is 0 Å². The van der Waals surface area contributed by atoms with Gasteiger partial charge < -0.3 is 16.3 Å². The number of nitrogen functional groups attached to an aromatic ring is 1. The Balaban J connectivity index is 3.15. The van der Waals surface area contributed by atoms with Crippen molar-refractivity contribution in [2.24, 2.45) is 11.6 Å². The normalized spacial score (nSPS) is 9.69. The van der Waals surface area contributed by atoms with Crippen LogP contribution in [0.5, 0.6) is 0 Å². The first-order valence-electron chi connectivity index (χ1n) is 3.69. The zero-order valence-electron chi connectivity index (χ0n) is 6.95. The summed E-state index contributed by atoms with van der Waals surface area (Å²) in [6, 6.07) is 4.70. The van der Waals surface area contributed by atoms with E-state index in [9.17, 15) is 4.79 Å². The summed E-state index contributed by atoms with van der Waals surface area (Å²) in [6.07, 6.45) is 0. The third-order valence-corrected chi connectivity index (χ3v) is 1.69. The van der Waals surface area contributed by atoms with Crippen LogP contribution in [0.15, 0.2) is 18.2 Å². The molecule has 6 N–H and O–H groups in total. The van der Waals surface area contributed by atoms with E-state index in [4.69, 9.17) is 16.7 Å². The highest BCUT2D eigenvalue weighted by atomic mass is 16.3. The zero-order valence-corrected chi connectivity index (χ0v) is 6.95. The quantitative estimate of drug-likeness (QED) is 0.375. The van der Waals surface area contributed by atoms with Crippen molar-refractivity contribution in [3.05, 3.63) is 29.3 Å². The van der Waals surface area contributed by atoms with Crippen molar-refractivity contribution in [3.8, 4) is 0 Å². The first-order chi connectivity index (χ1) is 6.19. The molecular formula is C8H11N3O2. The maximum absolute atomic E-state index is 10.8. The number of carbonyl (C=O) groups is 1. The molecule has 5 nitrogen and oxygen atoms in total. The Bertz CT molecular complexity index is 325. The van der Waals surface area contributed by atoms with Gasteiger partial charge in [0.15, 0.2) is 0 Å². The van der Waals surface area contributed by atoms with Gasteiger partial charge in [0.2, 0.25) is 0 Å². The van der Waals surface area contributed by atoms with E-state index in [-0.39, 0.29) is 6.61 Å². The number of aliphatic hydroxyl groups is 1. The van der Waals surface area contributed by atoms with Crippen molar-refractivity contribution in [3.63, 3.8) is 0 Å². The number of primary amides is 1. The van der Waals surface area contributed by atoms with Crippen LogP contribution in [0.25, 0.3) is 0 Å². The first kappa shape index (κ1) is 9.50. The smallest absolute Gasteiger partial charge is 0.250 e. The molecule has 0 aliphatic heterocycles. The summed E-state index contributed by atoms with van der Waals surface area (Å²) in [5.74, 6) is 4.61. The van der Waals surface area contributed by atoms with Crippen LogP contribution in [0.1, 0.15) is 15.9 Å². The van der Waals surface area contributed by atoms with Crippen LogP contribution in [0.2, 0.25) is 0 Å². The average Bonchev–Trinajstić information content (AvgIpc) is 2.16. The van der Waals surface area contributed by atoms with E-state index in [0.29, 0.717) is 16.8 Å². The van der Waals surface area contributed by atoms with Gasteiger partial charge in [-0.05, 0) is 17.7 Å². The van der Waals surface area contributed by atoms with Gasteiger partial charge in [-0.15, -0.1) is 0 Å². The van der Waals surface area contributed by atoms with Crippen molar-refractivity contribution in [2.45, 2.75) is 6.61 Å². The van der Waals surface area contributed by atoms with Gasteiger partial charge in [0.1, 0.15) is 0 Å². The predicted molar refractivity (Wildman–Crippen MR) is 48.7 cm³/mol. The Kier molecular flexibility index (Phi) is 2.84. The third kappa shape index (κ3) is 1.95. The number of anilines is 1. The molecule has 0 aliphatic rings.